The van der Waals surface area contributed by atoms with Gasteiger partial charge in [-0.1, -0.05) is 30.3 Å². The number of hydrogen-bond donors (Lipinski definition) is 3. The number of nitrogens with one attached hydrogen (secondary N) is 1. The molecule has 3 aliphatic heterocycles. The van der Waals surface area contributed by atoms with Gasteiger partial charge in [0.05, 0.1) is 5.56 Å². The van der Waals surface area contributed by atoms with E-state index < -0.39 is 23.9 Å². The van der Waals surface area contributed by atoms with Gasteiger partial charge >= 0.3 is 11.9 Å². The van der Waals surface area contributed by atoms with Crippen molar-refractivity contribution in [1.29, 1.82) is 0 Å². The number of nitrogens with zero attached hydrogens (tertiary/aromatic N) is 1. The van der Waals surface area contributed by atoms with Crippen LogP contribution in [0.2, 0.25) is 0 Å². The molecule has 0 saturated carbocycles. The van der Waals surface area contributed by atoms with E-state index in [1.54, 1.807) is 12.1 Å². The van der Waals surface area contributed by atoms with Crippen molar-refractivity contribution in [3.8, 4) is 0 Å². The Morgan fingerprint density at radius 2 is 1.74 bits per heavy atom. The van der Waals surface area contributed by atoms with E-state index in [-0.39, 0.29) is 17.2 Å². The molecule has 8 heteroatoms. The number of anilines is 1. The highest BCUT2D eigenvalue weighted by molar-refractivity contribution is 5.98. The van der Waals surface area contributed by atoms with E-state index in [4.69, 9.17) is 10.5 Å². The van der Waals surface area contributed by atoms with Gasteiger partial charge in [-0.3, -0.25) is 9.69 Å². The third kappa shape index (κ3) is 4.69. The lowest BCUT2D eigenvalue weighted by molar-refractivity contribution is -0.159. The number of carboxylic acid groups (broad SMARTS) is 1. The Morgan fingerprint density at radius 3 is 2.32 bits per heavy atom. The molecule has 162 valence electrons. The number of hydrogen-bond acceptors (Lipinski definition) is 6. The van der Waals surface area contributed by atoms with Crippen molar-refractivity contribution in [2.75, 3.05) is 25.0 Å². The van der Waals surface area contributed by atoms with Gasteiger partial charge in [0.15, 0.2) is 6.04 Å². The molecule has 2 aromatic rings. The fraction of sp³-hybridized carbons (Fsp3) is 0.348. The largest absolute Gasteiger partial charge is 0.478 e. The summed E-state index contributed by atoms with van der Waals surface area (Å²) in [7, 11) is 0. The van der Waals surface area contributed by atoms with Crippen molar-refractivity contribution in [1.82, 2.24) is 4.90 Å². The second-order valence-corrected chi connectivity index (χ2v) is 8.07. The number of carboxylic acids is 1. The molecule has 3 aliphatic rings. The van der Waals surface area contributed by atoms with E-state index in [2.05, 4.69) is 10.2 Å². The van der Waals surface area contributed by atoms with Gasteiger partial charge in [-0.15, -0.1) is 0 Å². The molecule has 0 spiro atoms. The average molecular weight is 423 g/mol. The minimum absolute atomic E-state index is 0.0416. The van der Waals surface area contributed by atoms with Gasteiger partial charge in [-0.2, -0.15) is 0 Å². The molecule has 0 aliphatic carbocycles. The van der Waals surface area contributed by atoms with Gasteiger partial charge < -0.3 is 20.9 Å². The molecule has 5 rings (SSSR count). The molecule has 3 fully saturated rings. The Morgan fingerprint density at radius 1 is 1.06 bits per heavy atom. The van der Waals surface area contributed by atoms with Gasteiger partial charge in [-0.05, 0) is 55.6 Å². The van der Waals surface area contributed by atoms with Crippen LogP contribution in [0.3, 0.4) is 0 Å². The van der Waals surface area contributed by atoms with Crippen LogP contribution in [0.25, 0.3) is 0 Å². The Labute approximate surface area is 180 Å². The Kier molecular flexibility index (Phi) is 5.90. The highest BCUT2D eigenvalue weighted by atomic mass is 16.5. The first-order valence-corrected chi connectivity index (χ1v) is 10.3. The summed E-state index contributed by atoms with van der Waals surface area (Å²) in [4.78, 5) is 38.7. The molecule has 8 nitrogen and oxygen atoms in total. The monoisotopic (exact) mass is 423 g/mol. The molecular weight excluding hydrogens is 398 g/mol. The zero-order valence-corrected chi connectivity index (χ0v) is 17.0. The highest BCUT2D eigenvalue weighted by Crippen LogP contribution is 2.31. The summed E-state index contributed by atoms with van der Waals surface area (Å²) in [6.07, 6.45) is 1.88. The van der Waals surface area contributed by atoms with Gasteiger partial charge in [-0.25, -0.2) is 9.59 Å². The van der Waals surface area contributed by atoms with Crippen molar-refractivity contribution in [2.24, 2.45) is 11.7 Å². The molecule has 3 saturated heterocycles. The van der Waals surface area contributed by atoms with E-state index >= 15 is 0 Å². The maximum atomic E-state index is 13.2. The molecule has 3 heterocycles. The fourth-order valence-corrected chi connectivity index (χ4v) is 4.33. The van der Waals surface area contributed by atoms with Crippen LogP contribution >= 0.6 is 0 Å². The van der Waals surface area contributed by atoms with Crippen LogP contribution in [-0.2, 0) is 9.53 Å². The maximum absolute atomic E-state index is 13.2. The zero-order chi connectivity index (χ0) is 22.0. The fourth-order valence-electron chi connectivity index (χ4n) is 4.33. The Bertz CT molecular complexity index is 954. The first-order valence-electron chi connectivity index (χ1n) is 10.3. The van der Waals surface area contributed by atoms with Crippen molar-refractivity contribution in [3.63, 3.8) is 0 Å². The molecule has 2 aromatic carbocycles. The molecule has 2 bridgehead atoms. The number of carbonyl (C=O) groups excluding carboxylic acids is 2. The smallest absolute Gasteiger partial charge is 0.335 e. The molecule has 1 amide bonds. The lowest BCUT2D eigenvalue weighted by Gasteiger charge is -2.44. The van der Waals surface area contributed by atoms with Crippen molar-refractivity contribution < 1.29 is 24.2 Å². The predicted octanol–water partition coefficient (Wildman–Crippen LogP) is 2.27. The van der Waals surface area contributed by atoms with Crippen LogP contribution < -0.4 is 11.1 Å². The quantitative estimate of drug-likeness (QED) is 0.584. The van der Waals surface area contributed by atoms with Gasteiger partial charge in [0, 0.05) is 17.8 Å². The van der Waals surface area contributed by atoms with Crippen LogP contribution in [-0.4, -0.2) is 53.6 Å². The van der Waals surface area contributed by atoms with Crippen molar-refractivity contribution in [3.05, 3.63) is 65.2 Å². The lowest BCUT2D eigenvalue weighted by Crippen LogP contribution is -2.52. The number of esters is 1. The number of ether oxygens (including phenoxy) is 1. The first kappa shape index (κ1) is 20.9. The second-order valence-electron chi connectivity index (χ2n) is 8.07. The number of aromatic carboxylic acids is 1. The standard InChI is InChI=1S/C23H25N3O5/c24-21(27)16-10-17(22(28)29)12-18(11-16)25-20(15-4-2-1-3-5-15)23(30)31-19-13-26-8-6-14(19)7-9-26/h1-5,10-12,14,19-20,25H,6-9,13H2,(H2,24,27)(H,28,29)/t19-,20?/m0/s1. The summed E-state index contributed by atoms with van der Waals surface area (Å²) in [6.45, 7) is 2.81. The number of primary amides is 1. The van der Waals surface area contributed by atoms with Gasteiger partial charge in [0.1, 0.15) is 6.10 Å². The van der Waals surface area contributed by atoms with E-state index in [0.29, 0.717) is 17.2 Å². The minimum atomic E-state index is -1.20. The summed E-state index contributed by atoms with van der Waals surface area (Å²) < 4.78 is 5.92. The number of amides is 1. The summed E-state index contributed by atoms with van der Waals surface area (Å²) in [5.74, 6) is -2.02. The third-order valence-corrected chi connectivity index (χ3v) is 6.01. The number of carbonyl (C=O) groups is 3. The zero-order valence-electron chi connectivity index (χ0n) is 17.0. The molecule has 4 N–H and O–H groups in total. The second kappa shape index (κ2) is 8.77. The number of piperidine rings is 3. The minimum Gasteiger partial charge on any atom is -0.478 e. The Balaban J connectivity index is 1.61. The summed E-state index contributed by atoms with van der Waals surface area (Å²) >= 11 is 0. The normalized spacial score (nSPS) is 23.0. The lowest BCUT2D eigenvalue weighted by atomic mass is 9.86. The third-order valence-electron chi connectivity index (χ3n) is 6.01. The van der Waals surface area contributed by atoms with Gasteiger partial charge in [0.25, 0.3) is 0 Å². The molecule has 0 aromatic heterocycles. The van der Waals surface area contributed by atoms with Crippen LogP contribution in [0.15, 0.2) is 48.5 Å². The summed E-state index contributed by atoms with van der Waals surface area (Å²) in [5, 5.41) is 12.4. The van der Waals surface area contributed by atoms with Crippen LogP contribution in [0.1, 0.15) is 45.2 Å². The molecule has 0 radical (unpaired) electrons. The highest BCUT2D eigenvalue weighted by Gasteiger charge is 2.38. The Hall–Kier alpha value is -3.39. The summed E-state index contributed by atoms with van der Waals surface area (Å²) in [6, 6.07) is 12.2. The number of rotatable bonds is 7. The van der Waals surface area contributed by atoms with E-state index in [9.17, 15) is 19.5 Å². The topological polar surface area (TPSA) is 122 Å². The average Bonchev–Trinajstić information content (AvgIpc) is 2.78. The molecule has 2 atom stereocenters. The summed E-state index contributed by atoms with van der Waals surface area (Å²) in [5.41, 5.74) is 6.27. The van der Waals surface area contributed by atoms with Crippen LogP contribution in [0.5, 0.6) is 0 Å². The van der Waals surface area contributed by atoms with E-state index in [1.165, 1.54) is 18.2 Å². The number of nitrogens with two attached hydrogens (primary N) is 1. The van der Waals surface area contributed by atoms with E-state index in [0.717, 1.165) is 32.5 Å². The van der Waals surface area contributed by atoms with Crippen LogP contribution in [0, 0.1) is 5.92 Å². The SMILES string of the molecule is NC(=O)c1cc(NC(C(=O)O[C@H]2CN3CCC2CC3)c2ccccc2)cc(C(=O)O)c1. The predicted molar refractivity (Wildman–Crippen MR) is 114 cm³/mol. The van der Waals surface area contributed by atoms with Crippen molar-refractivity contribution >= 4 is 23.5 Å². The molecular formula is C23H25N3O5. The first-order chi connectivity index (χ1) is 14.9. The van der Waals surface area contributed by atoms with Crippen LogP contribution in [0.4, 0.5) is 5.69 Å². The molecule has 31 heavy (non-hydrogen) atoms. The molecule has 1 unspecified atom stereocenters. The van der Waals surface area contributed by atoms with E-state index in [1.807, 2.05) is 18.2 Å². The maximum Gasteiger partial charge on any atom is 0.335 e. The van der Waals surface area contributed by atoms with Crippen molar-refractivity contribution in [2.45, 2.75) is 25.0 Å². The van der Waals surface area contributed by atoms with Gasteiger partial charge in [0.2, 0.25) is 5.91 Å². The number of fused-ring (bicyclic) bond motifs is 3. The number of benzene rings is 2.